The van der Waals surface area contributed by atoms with Crippen molar-refractivity contribution in [2.24, 2.45) is 5.92 Å². The van der Waals surface area contributed by atoms with Crippen molar-refractivity contribution in [1.29, 1.82) is 0 Å². The fourth-order valence-electron chi connectivity index (χ4n) is 3.26. The number of amides is 1. The number of nitrogens with one attached hydrogen (secondary N) is 1. The van der Waals surface area contributed by atoms with Gasteiger partial charge in [0.15, 0.2) is 5.89 Å². The molecule has 24 heavy (non-hydrogen) atoms. The van der Waals surface area contributed by atoms with Gasteiger partial charge >= 0.3 is 0 Å². The van der Waals surface area contributed by atoms with Crippen LogP contribution < -0.4 is 5.32 Å². The summed E-state index contributed by atoms with van der Waals surface area (Å²) in [5.41, 5.74) is 0.606. The molecule has 1 N–H and O–H groups in total. The van der Waals surface area contributed by atoms with E-state index in [9.17, 15) is 4.79 Å². The van der Waals surface area contributed by atoms with Crippen LogP contribution >= 0.6 is 0 Å². The fraction of sp³-hybridized carbons (Fsp3) is 0.588. The zero-order valence-electron chi connectivity index (χ0n) is 14.4. The highest BCUT2D eigenvalue weighted by molar-refractivity contribution is 5.92. The highest BCUT2D eigenvalue weighted by atomic mass is 16.5. The van der Waals surface area contributed by atoms with Crippen molar-refractivity contribution in [3.05, 3.63) is 35.6 Å². The second kappa shape index (κ2) is 7.17. The highest BCUT2D eigenvalue weighted by Crippen LogP contribution is 2.30. The molecule has 0 saturated carbocycles. The van der Waals surface area contributed by atoms with Crippen molar-refractivity contribution >= 4 is 5.91 Å². The van der Waals surface area contributed by atoms with E-state index in [1.165, 1.54) is 0 Å². The Hall–Kier alpha value is -2.15. The molecule has 0 radical (unpaired) electrons. The number of carbonyl (C=O) groups excluding carboxylic acids is 1. The minimum absolute atomic E-state index is 0.166. The van der Waals surface area contributed by atoms with E-state index in [1.54, 1.807) is 20.0 Å². The van der Waals surface area contributed by atoms with Crippen molar-refractivity contribution in [3.63, 3.8) is 0 Å². The normalized spacial score (nSPS) is 17.0. The van der Waals surface area contributed by atoms with Gasteiger partial charge in [-0.2, -0.15) is 0 Å². The zero-order chi connectivity index (χ0) is 17.1. The Morgan fingerprint density at radius 1 is 1.42 bits per heavy atom. The highest BCUT2D eigenvalue weighted by Gasteiger charge is 2.31. The Kier molecular flexibility index (Phi) is 4.99. The number of hydrogen-bond donors (Lipinski definition) is 1. The maximum absolute atomic E-state index is 12.7. The smallest absolute Gasteiger partial charge is 0.289 e. The van der Waals surface area contributed by atoms with E-state index in [0.717, 1.165) is 25.2 Å². The van der Waals surface area contributed by atoms with Crippen LogP contribution in [0.2, 0.25) is 0 Å². The van der Waals surface area contributed by atoms with E-state index in [-0.39, 0.29) is 17.7 Å². The molecule has 2 aromatic heterocycles. The predicted octanol–water partition coefficient (Wildman–Crippen LogP) is 2.41. The van der Waals surface area contributed by atoms with Gasteiger partial charge in [-0.3, -0.25) is 4.79 Å². The Morgan fingerprint density at radius 2 is 2.17 bits per heavy atom. The molecule has 1 aliphatic heterocycles. The van der Waals surface area contributed by atoms with Crippen molar-refractivity contribution < 1.29 is 13.9 Å². The molecule has 0 spiro atoms. The molecule has 1 amide bonds. The second-order valence-electron chi connectivity index (χ2n) is 6.12. The number of aryl methyl sites for hydroxylation is 3. The summed E-state index contributed by atoms with van der Waals surface area (Å²) in [6, 6.07) is -0.166. The first kappa shape index (κ1) is 16.7. The first-order valence-corrected chi connectivity index (χ1v) is 8.43. The van der Waals surface area contributed by atoms with E-state index >= 15 is 0 Å². The molecule has 7 heteroatoms. The van der Waals surface area contributed by atoms with E-state index in [0.29, 0.717) is 30.7 Å². The number of imidazole rings is 1. The third-order valence-electron chi connectivity index (χ3n) is 4.50. The summed E-state index contributed by atoms with van der Waals surface area (Å²) >= 11 is 0. The van der Waals surface area contributed by atoms with Gasteiger partial charge in [0, 0.05) is 39.1 Å². The first-order valence-electron chi connectivity index (χ1n) is 8.43. The van der Waals surface area contributed by atoms with Crippen LogP contribution in [0.4, 0.5) is 0 Å². The molecule has 0 aliphatic carbocycles. The van der Waals surface area contributed by atoms with E-state index < -0.39 is 0 Å². The van der Waals surface area contributed by atoms with E-state index in [1.807, 2.05) is 6.20 Å². The van der Waals surface area contributed by atoms with Crippen molar-refractivity contribution in [2.45, 2.75) is 46.2 Å². The van der Waals surface area contributed by atoms with Crippen LogP contribution in [0, 0.1) is 19.8 Å². The predicted molar refractivity (Wildman–Crippen MR) is 87.6 cm³/mol. The van der Waals surface area contributed by atoms with Gasteiger partial charge in [0.25, 0.3) is 5.91 Å². The monoisotopic (exact) mass is 332 g/mol. The second-order valence-corrected chi connectivity index (χ2v) is 6.12. The minimum atomic E-state index is -0.241. The molecule has 1 fully saturated rings. The molecule has 0 aromatic carbocycles. The van der Waals surface area contributed by atoms with E-state index in [4.69, 9.17) is 9.15 Å². The third-order valence-corrected chi connectivity index (χ3v) is 4.50. The number of nitrogens with zero attached hydrogens (tertiary/aromatic N) is 3. The summed E-state index contributed by atoms with van der Waals surface area (Å²) in [5.74, 6) is 1.70. The average molecular weight is 332 g/mol. The molecule has 1 atom stereocenters. The van der Waals surface area contributed by atoms with Gasteiger partial charge in [-0.1, -0.05) is 0 Å². The number of carbonyl (C=O) groups is 1. The molecule has 7 nitrogen and oxygen atoms in total. The Balaban J connectivity index is 1.87. The van der Waals surface area contributed by atoms with Crippen molar-refractivity contribution in [1.82, 2.24) is 19.9 Å². The van der Waals surface area contributed by atoms with Crippen LogP contribution in [-0.2, 0) is 11.3 Å². The van der Waals surface area contributed by atoms with Gasteiger partial charge in [0.05, 0.1) is 11.7 Å². The Labute approximate surface area is 141 Å². The lowest BCUT2D eigenvalue weighted by atomic mass is 9.91. The molecule has 0 bridgehead atoms. The van der Waals surface area contributed by atoms with Crippen molar-refractivity contribution in [2.75, 3.05) is 13.2 Å². The molecule has 0 unspecified atom stereocenters. The molecule has 130 valence electrons. The van der Waals surface area contributed by atoms with Gasteiger partial charge in [-0.05, 0) is 32.6 Å². The number of rotatable bonds is 5. The average Bonchev–Trinajstić information content (AvgIpc) is 3.19. The summed E-state index contributed by atoms with van der Waals surface area (Å²) < 4.78 is 13.0. The van der Waals surface area contributed by atoms with Gasteiger partial charge in [-0.15, -0.1) is 0 Å². The van der Waals surface area contributed by atoms with Crippen LogP contribution in [-0.4, -0.2) is 33.7 Å². The molecule has 3 heterocycles. The van der Waals surface area contributed by atoms with Crippen LogP contribution in [0.25, 0.3) is 0 Å². The molecular formula is C17H24N4O3. The van der Waals surface area contributed by atoms with Crippen LogP contribution in [0.15, 0.2) is 16.8 Å². The maximum Gasteiger partial charge on any atom is 0.289 e. The Bertz CT molecular complexity index is 701. The van der Waals surface area contributed by atoms with Gasteiger partial charge in [0.2, 0.25) is 5.76 Å². The zero-order valence-corrected chi connectivity index (χ0v) is 14.4. The summed E-state index contributed by atoms with van der Waals surface area (Å²) in [6.07, 6.45) is 5.52. The first-order chi connectivity index (χ1) is 11.6. The molecule has 1 saturated heterocycles. The van der Waals surface area contributed by atoms with E-state index in [2.05, 4.69) is 26.8 Å². The minimum Gasteiger partial charge on any atom is -0.436 e. The largest absolute Gasteiger partial charge is 0.436 e. The molecule has 1 aliphatic rings. The SMILES string of the molecule is CCn1ccnc1[C@H](NC(=O)c1oc(C)nc1C)C1CCOCC1. The van der Waals surface area contributed by atoms with Crippen molar-refractivity contribution in [3.8, 4) is 0 Å². The molecular weight excluding hydrogens is 308 g/mol. The quantitative estimate of drug-likeness (QED) is 0.909. The topological polar surface area (TPSA) is 82.2 Å². The number of hydrogen-bond acceptors (Lipinski definition) is 5. The lowest BCUT2D eigenvalue weighted by Crippen LogP contribution is -2.37. The van der Waals surface area contributed by atoms with Gasteiger partial charge in [-0.25, -0.2) is 9.97 Å². The summed E-state index contributed by atoms with van der Waals surface area (Å²) in [4.78, 5) is 21.4. The lowest BCUT2D eigenvalue weighted by Gasteiger charge is -2.30. The number of oxazole rings is 1. The Morgan fingerprint density at radius 3 is 2.79 bits per heavy atom. The number of aromatic nitrogens is 3. The standard InChI is InChI=1S/C17H24N4O3/c1-4-21-8-7-18-16(21)14(13-5-9-23-10-6-13)20-17(22)15-11(2)19-12(3)24-15/h7-8,13-14H,4-6,9-10H2,1-3H3,(H,20,22)/t14-/m1/s1. The molecule has 3 rings (SSSR count). The summed E-state index contributed by atoms with van der Waals surface area (Å²) in [6.45, 7) is 7.82. The molecule has 2 aromatic rings. The van der Waals surface area contributed by atoms with Gasteiger partial charge in [0.1, 0.15) is 5.82 Å². The lowest BCUT2D eigenvalue weighted by molar-refractivity contribution is 0.0493. The number of ether oxygens (including phenoxy) is 1. The fourth-order valence-corrected chi connectivity index (χ4v) is 3.26. The maximum atomic E-state index is 12.7. The third kappa shape index (κ3) is 3.36. The van der Waals surface area contributed by atoms with Crippen LogP contribution in [0.3, 0.4) is 0 Å². The van der Waals surface area contributed by atoms with Crippen LogP contribution in [0.1, 0.15) is 53.8 Å². The van der Waals surface area contributed by atoms with Crippen LogP contribution in [0.5, 0.6) is 0 Å². The summed E-state index contributed by atoms with van der Waals surface area (Å²) in [5, 5.41) is 3.12. The summed E-state index contributed by atoms with van der Waals surface area (Å²) in [7, 11) is 0. The van der Waals surface area contributed by atoms with Gasteiger partial charge < -0.3 is 19.0 Å².